The minimum absolute atomic E-state index is 0.119. The maximum absolute atomic E-state index is 13.6. The Morgan fingerprint density at radius 2 is 1.76 bits per heavy atom. The van der Waals surface area contributed by atoms with Gasteiger partial charge < -0.3 is 19.5 Å². The summed E-state index contributed by atoms with van der Waals surface area (Å²) in [5.41, 5.74) is -1.28. The fourth-order valence-electron chi connectivity index (χ4n) is 4.85. The first kappa shape index (κ1) is 28.7. The molecule has 212 valence electrons. The van der Waals surface area contributed by atoms with Crippen molar-refractivity contribution in [2.75, 3.05) is 13.1 Å². The number of halogens is 1. The molecule has 0 aromatic rings. The number of rotatable bonds is 5. The number of carbonyl (C=O) groups excluding carboxylic acids is 2. The van der Waals surface area contributed by atoms with Gasteiger partial charge in [0.05, 0.1) is 6.54 Å². The number of nitrogens with one attached hydrogen (secondary N) is 1. The van der Waals surface area contributed by atoms with Crippen molar-refractivity contribution in [2.24, 2.45) is 16.0 Å². The summed E-state index contributed by atoms with van der Waals surface area (Å²) in [4.78, 5) is 32.1. The number of amides is 1. The Morgan fingerprint density at radius 3 is 2.39 bits per heavy atom. The van der Waals surface area contributed by atoms with Crippen LogP contribution in [0.15, 0.2) is 22.0 Å². The third-order valence-electron chi connectivity index (χ3n) is 6.57. The minimum Gasteiger partial charge on any atom is -0.443 e. The van der Waals surface area contributed by atoms with Gasteiger partial charge in [-0.15, -0.1) is 0 Å². The highest BCUT2D eigenvalue weighted by Crippen LogP contribution is 2.35. The van der Waals surface area contributed by atoms with Crippen molar-refractivity contribution in [1.82, 2.24) is 19.2 Å². The van der Waals surface area contributed by atoms with Crippen LogP contribution in [-0.2, 0) is 14.2 Å². The zero-order chi connectivity index (χ0) is 27.7. The molecule has 4 aliphatic rings. The number of hydrogen-bond acceptors (Lipinski definition) is 10. The van der Waals surface area contributed by atoms with Crippen LogP contribution >= 0.6 is 16.1 Å². The summed E-state index contributed by atoms with van der Waals surface area (Å²) < 4.78 is 18.5. The summed E-state index contributed by atoms with van der Waals surface area (Å²) in [5, 5.41) is 9.89. The molecule has 2 aliphatic carbocycles. The van der Waals surface area contributed by atoms with Crippen molar-refractivity contribution < 1.29 is 23.8 Å². The molecule has 2 fully saturated rings. The first-order chi connectivity index (χ1) is 17.8. The predicted octanol–water partition coefficient (Wildman–Crippen LogP) is 4.94. The lowest BCUT2D eigenvalue weighted by Gasteiger charge is -2.44. The van der Waals surface area contributed by atoms with E-state index in [-0.39, 0.29) is 12.0 Å². The minimum atomic E-state index is -0.669. The number of hydrazone groups is 1. The average Bonchev–Trinajstić information content (AvgIpc) is 3.26. The van der Waals surface area contributed by atoms with E-state index >= 15 is 0 Å². The maximum Gasteiger partial charge on any atom is 0.509 e. The predicted molar refractivity (Wildman–Crippen MR) is 147 cm³/mol. The van der Waals surface area contributed by atoms with Gasteiger partial charge in [-0.05, 0) is 73.1 Å². The zero-order valence-corrected chi connectivity index (χ0v) is 24.9. The molecule has 1 amide bonds. The number of ether oxygens (including phenoxy) is 3. The van der Waals surface area contributed by atoms with Crippen molar-refractivity contribution in [1.29, 1.82) is 0 Å². The van der Waals surface area contributed by atoms with E-state index in [1.165, 1.54) is 12.8 Å². The van der Waals surface area contributed by atoms with E-state index in [2.05, 4.69) is 26.6 Å². The summed E-state index contributed by atoms with van der Waals surface area (Å²) in [6.07, 6.45) is 7.70. The molecule has 0 spiro atoms. The van der Waals surface area contributed by atoms with E-state index < -0.39 is 29.7 Å². The molecule has 11 nitrogen and oxygen atoms in total. The quantitative estimate of drug-likeness (QED) is 0.351. The van der Waals surface area contributed by atoms with E-state index in [4.69, 9.17) is 19.2 Å². The van der Waals surface area contributed by atoms with Gasteiger partial charge in [0, 0.05) is 41.0 Å². The molecule has 2 heterocycles. The number of nitrogens with zero attached hydrogens (tertiary/aromatic N) is 5. The normalized spacial score (nSPS) is 26.1. The van der Waals surface area contributed by atoms with Gasteiger partial charge in [-0.2, -0.15) is 9.03 Å². The molecule has 38 heavy (non-hydrogen) atoms. The SMILES string of the molecule is CC(C)(C)OC(=O)OC1CC(CN(C(=O)OC(C)(C)C)C2=CC(NC3CCCC3)=NC3N(Br)CC=NN23)C1. The first-order valence-corrected chi connectivity index (χ1v) is 14.2. The van der Waals surface area contributed by atoms with Crippen LogP contribution in [-0.4, -0.2) is 80.9 Å². The van der Waals surface area contributed by atoms with Gasteiger partial charge in [-0.3, -0.25) is 4.90 Å². The van der Waals surface area contributed by atoms with Gasteiger partial charge >= 0.3 is 12.2 Å². The van der Waals surface area contributed by atoms with Crippen molar-refractivity contribution in [3.63, 3.8) is 0 Å². The van der Waals surface area contributed by atoms with Crippen molar-refractivity contribution in [2.45, 2.75) is 110 Å². The number of fused-ring (bicyclic) bond motifs is 1. The van der Waals surface area contributed by atoms with Gasteiger partial charge in [0.25, 0.3) is 0 Å². The number of amidine groups is 1. The van der Waals surface area contributed by atoms with E-state index in [9.17, 15) is 9.59 Å². The van der Waals surface area contributed by atoms with Gasteiger partial charge in [-0.1, -0.05) is 12.8 Å². The fourth-order valence-corrected chi connectivity index (χ4v) is 5.24. The smallest absolute Gasteiger partial charge is 0.443 e. The Bertz CT molecular complexity index is 976. The molecular weight excluding hydrogens is 556 g/mol. The monoisotopic (exact) mass is 596 g/mol. The molecule has 1 atom stereocenters. The second kappa shape index (κ2) is 11.4. The van der Waals surface area contributed by atoms with Crippen LogP contribution in [0.3, 0.4) is 0 Å². The lowest BCUT2D eigenvalue weighted by molar-refractivity contribution is -0.0620. The summed E-state index contributed by atoms with van der Waals surface area (Å²) in [6, 6.07) is 0.362. The van der Waals surface area contributed by atoms with Crippen LogP contribution < -0.4 is 5.32 Å². The number of carbonyl (C=O) groups is 2. The van der Waals surface area contributed by atoms with Gasteiger partial charge in [-0.25, -0.2) is 19.6 Å². The van der Waals surface area contributed by atoms with Crippen molar-refractivity contribution in [3.8, 4) is 0 Å². The van der Waals surface area contributed by atoms with Gasteiger partial charge in [0.1, 0.15) is 29.0 Å². The summed E-state index contributed by atoms with van der Waals surface area (Å²) in [7, 11) is 0. The van der Waals surface area contributed by atoms with Crippen molar-refractivity contribution in [3.05, 3.63) is 11.9 Å². The molecule has 2 aliphatic heterocycles. The van der Waals surface area contributed by atoms with Crippen molar-refractivity contribution >= 4 is 40.4 Å². The largest absolute Gasteiger partial charge is 0.509 e. The highest BCUT2D eigenvalue weighted by molar-refractivity contribution is 9.07. The van der Waals surface area contributed by atoms with Crippen LogP contribution in [0.1, 0.15) is 80.1 Å². The lowest BCUT2D eigenvalue weighted by atomic mass is 9.82. The topological polar surface area (TPSA) is 108 Å². The maximum atomic E-state index is 13.6. The van der Waals surface area contributed by atoms with Crippen LogP contribution in [0.25, 0.3) is 0 Å². The molecule has 0 aromatic heterocycles. The van der Waals surface area contributed by atoms with E-state index in [1.54, 1.807) is 36.9 Å². The second-order valence-corrected chi connectivity index (χ2v) is 13.3. The van der Waals surface area contributed by atoms with E-state index in [1.807, 2.05) is 30.8 Å². The Morgan fingerprint density at radius 1 is 1.11 bits per heavy atom. The van der Waals surface area contributed by atoms with Gasteiger partial charge in [0.2, 0.25) is 6.29 Å². The second-order valence-electron chi connectivity index (χ2n) is 12.3. The Labute approximate surface area is 233 Å². The Hall–Kier alpha value is -2.34. The Balaban J connectivity index is 1.52. The molecule has 4 rings (SSSR count). The summed E-state index contributed by atoms with van der Waals surface area (Å²) >= 11 is 3.60. The number of hydrogen-bond donors (Lipinski definition) is 1. The molecule has 0 aromatic carbocycles. The highest BCUT2D eigenvalue weighted by atomic mass is 79.9. The van der Waals surface area contributed by atoms with Gasteiger partial charge in [0.15, 0.2) is 0 Å². The summed E-state index contributed by atoms with van der Waals surface area (Å²) in [5.74, 6) is 1.44. The fraction of sp³-hybridized carbons (Fsp3) is 0.769. The first-order valence-electron chi connectivity index (χ1n) is 13.5. The molecule has 0 radical (unpaired) electrons. The third-order valence-corrected chi connectivity index (χ3v) is 7.23. The average molecular weight is 598 g/mol. The molecule has 1 unspecified atom stereocenters. The third kappa shape index (κ3) is 7.62. The number of aliphatic imine (C=N–C) groups is 1. The molecule has 0 bridgehead atoms. The van der Waals surface area contributed by atoms with Crippen LogP contribution in [0.2, 0.25) is 0 Å². The standard InChI is InChI=1S/C26H41BrN6O5/c1-25(2,3)37-23(34)31(16-17-13-19(14-17)36-24(35)38-26(4,5)6)21-15-20(29-18-9-7-8-10-18)30-22-32(27)12-11-28-33(21)22/h11,15,17-19,22H,7-10,12-14,16H2,1-6H3,(H,29,30). The van der Waals surface area contributed by atoms with E-state index in [0.29, 0.717) is 37.8 Å². The van der Waals surface area contributed by atoms with E-state index in [0.717, 1.165) is 18.7 Å². The molecular formula is C26H41BrN6O5. The summed E-state index contributed by atoms with van der Waals surface area (Å²) in [6.45, 7) is 11.9. The lowest BCUT2D eigenvalue weighted by Crippen LogP contribution is -2.54. The van der Waals surface area contributed by atoms with Crippen LogP contribution in [0.4, 0.5) is 9.59 Å². The molecule has 12 heteroatoms. The highest BCUT2D eigenvalue weighted by Gasteiger charge is 2.41. The molecule has 1 N–H and O–H groups in total. The molecule has 2 saturated carbocycles. The van der Waals surface area contributed by atoms with Crippen LogP contribution in [0.5, 0.6) is 0 Å². The Kier molecular flexibility index (Phi) is 8.61. The van der Waals surface area contributed by atoms with Crippen LogP contribution in [0, 0.1) is 5.92 Å². The zero-order valence-electron chi connectivity index (χ0n) is 23.3. The molecule has 0 saturated heterocycles.